The Morgan fingerprint density at radius 1 is 0.300 bits per heavy atom. The first kappa shape index (κ1) is 53.7. The molecule has 0 N–H and O–H groups in total. The lowest BCUT2D eigenvalue weighted by Crippen LogP contribution is -1.86. The van der Waals surface area contributed by atoms with Crippen LogP contribution in [0.15, 0.2) is 60.7 Å². The monoisotopic (exact) mass is 1040 g/mol. The van der Waals surface area contributed by atoms with Crippen molar-refractivity contribution in [2.75, 3.05) is 0 Å². The largest absolute Gasteiger partial charge is 0.140 e. The number of thiophene rings is 6. The van der Waals surface area contributed by atoms with E-state index in [1.807, 2.05) is 22.7 Å². The van der Waals surface area contributed by atoms with Crippen LogP contribution in [0.2, 0.25) is 0 Å². The first-order valence-corrected chi connectivity index (χ1v) is 33.1. The van der Waals surface area contributed by atoms with Crippen LogP contribution in [-0.2, 0) is 25.7 Å². The number of hydrogen-bond acceptors (Lipinski definition) is 6. The standard InChI is InChI=1S/C64H84S6/c1-7-11-15-19-23-27-31-47-39-45(5)65-61(47)59-43-55-51(57-37-35-49(67-57)33-29-25-21-17-13-9-3)41-54-53(63(55)69-59)42-52(58-38-36-50(68-58)34-30-26-22-18-14-10-4)56-44-60(70-64(54)56)62-48(40-46(6)66-62)32-28-24-20-16-12-8-2/h35-44H,7-34H2,1-6H3. The summed E-state index contributed by atoms with van der Waals surface area (Å²) in [6, 6.07) is 25.4. The molecule has 0 spiro atoms. The maximum atomic E-state index is 2.65. The summed E-state index contributed by atoms with van der Waals surface area (Å²) in [7, 11) is 0. The number of unbranched alkanes of at least 4 members (excludes halogenated alkanes) is 20. The topological polar surface area (TPSA) is 0 Å². The molecule has 376 valence electrons. The fourth-order valence-electron chi connectivity index (χ4n) is 10.8. The molecule has 0 nitrogen and oxygen atoms in total. The molecule has 6 heteroatoms. The predicted molar refractivity (Wildman–Crippen MR) is 326 cm³/mol. The molecule has 8 rings (SSSR count). The predicted octanol–water partition coefficient (Wildman–Crippen LogP) is 24.4. The van der Waals surface area contributed by atoms with E-state index in [1.54, 1.807) is 20.9 Å². The van der Waals surface area contributed by atoms with Gasteiger partial charge in [0.1, 0.15) is 0 Å². The lowest BCUT2D eigenvalue weighted by atomic mass is 9.97. The summed E-state index contributed by atoms with van der Waals surface area (Å²) < 4.78 is 2.95. The van der Waals surface area contributed by atoms with Gasteiger partial charge in [-0.05, 0) is 137 Å². The smallest absolute Gasteiger partial charge is 0.0477 e. The van der Waals surface area contributed by atoms with E-state index in [0.717, 1.165) is 0 Å². The van der Waals surface area contributed by atoms with E-state index < -0.39 is 0 Å². The number of benzene rings is 2. The van der Waals surface area contributed by atoms with Gasteiger partial charge in [0.05, 0.1) is 0 Å². The molecule has 0 saturated heterocycles. The fourth-order valence-corrected chi connectivity index (χ4v) is 17.7. The molecule has 0 bridgehead atoms. The van der Waals surface area contributed by atoms with Crippen molar-refractivity contribution < 1.29 is 0 Å². The van der Waals surface area contributed by atoms with Crippen molar-refractivity contribution in [1.82, 2.24) is 0 Å². The molecule has 0 fully saturated rings. The molecule has 0 radical (unpaired) electrons. The normalized spacial score (nSPS) is 12.0. The maximum Gasteiger partial charge on any atom is 0.0477 e. The lowest BCUT2D eigenvalue weighted by molar-refractivity contribution is 0.608. The molecule has 6 heterocycles. The third kappa shape index (κ3) is 14.0. The molecular formula is C64H84S6. The molecule has 0 amide bonds. The molecule has 0 aliphatic heterocycles. The number of fused-ring (bicyclic) bond motifs is 5. The average molecular weight is 1050 g/mol. The zero-order valence-electron chi connectivity index (χ0n) is 44.0. The second-order valence-electron chi connectivity index (χ2n) is 20.7. The summed E-state index contributed by atoms with van der Waals surface area (Å²) in [6.45, 7) is 13.9. The highest BCUT2D eigenvalue weighted by Gasteiger charge is 2.23. The molecule has 0 saturated carbocycles. The molecule has 0 aliphatic rings. The fraction of sp³-hybridized carbons (Fsp3) is 0.531. The molecule has 0 aliphatic carbocycles. The Morgan fingerprint density at radius 3 is 1.01 bits per heavy atom. The van der Waals surface area contributed by atoms with Gasteiger partial charge in [-0.1, -0.05) is 156 Å². The van der Waals surface area contributed by atoms with Gasteiger partial charge in [-0.3, -0.25) is 0 Å². The summed E-state index contributed by atoms with van der Waals surface area (Å²) in [6.07, 6.45) is 37.0. The summed E-state index contributed by atoms with van der Waals surface area (Å²) >= 11 is 12.4. The van der Waals surface area contributed by atoms with Crippen molar-refractivity contribution in [2.24, 2.45) is 0 Å². The highest BCUT2D eigenvalue weighted by molar-refractivity contribution is 7.28. The molecule has 6 aromatic heterocycles. The number of hydrogen-bond donors (Lipinski definition) is 0. The third-order valence-electron chi connectivity index (χ3n) is 14.7. The maximum absolute atomic E-state index is 2.65. The van der Waals surface area contributed by atoms with Crippen LogP contribution in [0.5, 0.6) is 0 Å². The van der Waals surface area contributed by atoms with E-state index in [-0.39, 0.29) is 0 Å². The van der Waals surface area contributed by atoms with Crippen molar-refractivity contribution in [3.63, 3.8) is 0 Å². The van der Waals surface area contributed by atoms with Gasteiger partial charge >= 0.3 is 0 Å². The van der Waals surface area contributed by atoms with Crippen LogP contribution < -0.4 is 0 Å². The number of aryl methyl sites for hydroxylation is 6. The van der Waals surface area contributed by atoms with E-state index in [1.165, 1.54) is 261 Å². The summed E-state index contributed by atoms with van der Waals surface area (Å²) in [5.74, 6) is 0. The van der Waals surface area contributed by atoms with E-state index in [0.29, 0.717) is 0 Å². The van der Waals surface area contributed by atoms with Crippen molar-refractivity contribution in [1.29, 1.82) is 0 Å². The molecule has 0 unspecified atom stereocenters. The Bertz CT molecular complexity index is 2630. The van der Waals surface area contributed by atoms with E-state index in [2.05, 4.69) is 148 Å². The highest BCUT2D eigenvalue weighted by Crippen LogP contribution is 2.52. The first-order chi connectivity index (χ1) is 34.4. The Balaban J connectivity index is 1.24. The minimum atomic E-state index is 1.19. The van der Waals surface area contributed by atoms with E-state index in [9.17, 15) is 0 Å². The Morgan fingerprint density at radius 2 is 0.643 bits per heavy atom. The molecule has 0 atom stereocenters. The first-order valence-electron chi connectivity index (χ1n) is 28.2. The summed E-state index contributed by atoms with van der Waals surface area (Å²) in [5, 5.41) is 5.79. The van der Waals surface area contributed by atoms with Crippen molar-refractivity contribution in [3.05, 3.63) is 91.3 Å². The highest BCUT2D eigenvalue weighted by atomic mass is 32.1. The minimum Gasteiger partial charge on any atom is -0.140 e. The van der Waals surface area contributed by atoms with E-state index >= 15 is 0 Å². The minimum absolute atomic E-state index is 1.19. The van der Waals surface area contributed by atoms with Crippen molar-refractivity contribution in [3.8, 4) is 40.4 Å². The quantitative estimate of drug-likeness (QED) is 0.0369. The second kappa shape index (κ2) is 27.6. The Hall–Kier alpha value is -2.58. The second-order valence-corrected chi connectivity index (χ2v) is 27.6. The van der Waals surface area contributed by atoms with Gasteiger partial charge in [0.2, 0.25) is 0 Å². The summed E-state index contributed by atoms with van der Waals surface area (Å²) in [4.78, 5) is 14.8. The molecule has 70 heavy (non-hydrogen) atoms. The van der Waals surface area contributed by atoms with Crippen LogP contribution in [0.1, 0.15) is 212 Å². The SMILES string of the molecule is CCCCCCCCc1ccc(-c2cc3c(cc(-c4ccc(CCCCCCCC)s4)c4cc(-c5sc(C)cc5CCCCCCCC)sc43)c3sc(-c4sc(C)cc4CCCCCCCC)cc23)s1. The van der Waals surface area contributed by atoms with Gasteiger partial charge < -0.3 is 0 Å². The van der Waals surface area contributed by atoms with Crippen LogP contribution >= 0.6 is 68.0 Å². The average Bonchev–Trinajstić information content (AvgIpc) is 4.23. The van der Waals surface area contributed by atoms with Crippen LogP contribution in [0.25, 0.3) is 71.3 Å². The Labute approximate surface area is 448 Å². The lowest BCUT2D eigenvalue weighted by Gasteiger charge is -2.10. The van der Waals surface area contributed by atoms with Crippen molar-refractivity contribution >= 4 is 99.0 Å². The van der Waals surface area contributed by atoms with Gasteiger partial charge in [0.15, 0.2) is 0 Å². The summed E-state index contributed by atoms with van der Waals surface area (Å²) in [5.41, 5.74) is 6.01. The van der Waals surface area contributed by atoms with Gasteiger partial charge in [-0.2, -0.15) is 0 Å². The third-order valence-corrected chi connectivity index (χ3v) is 22.0. The molecule has 2 aromatic carbocycles. The van der Waals surface area contributed by atoms with Crippen LogP contribution in [0.3, 0.4) is 0 Å². The number of rotatable bonds is 32. The van der Waals surface area contributed by atoms with Gasteiger partial charge in [-0.15, -0.1) is 68.0 Å². The van der Waals surface area contributed by atoms with Gasteiger partial charge in [0.25, 0.3) is 0 Å². The Kier molecular flexibility index (Phi) is 21.2. The van der Waals surface area contributed by atoms with Gasteiger partial charge in [-0.25, -0.2) is 0 Å². The molecular weight excluding hydrogens is 961 g/mol. The van der Waals surface area contributed by atoms with E-state index in [4.69, 9.17) is 0 Å². The molecule has 8 aromatic rings. The zero-order valence-corrected chi connectivity index (χ0v) is 48.9. The van der Waals surface area contributed by atoms with Crippen LogP contribution in [0.4, 0.5) is 0 Å². The van der Waals surface area contributed by atoms with Crippen LogP contribution in [-0.4, -0.2) is 0 Å². The van der Waals surface area contributed by atoms with Crippen molar-refractivity contribution in [2.45, 2.75) is 221 Å². The van der Waals surface area contributed by atoms with Gasteiger partial charge in [0, 0.05) is 90.8 Å². The van der Waals surface area contributed by atoms with Crippen LogP contribution in [0, 0.1) is 13.8 Å². The zero-order chi connectivity index (χ0) is 48.7.